The van der Waals surface area contributed by atoms with E-state index in [0.717, 1.165) is 10.6 Å². The summed E-state index contributed by atoms with van der Waals surface area (Å²) in [5.41, 5.74) is 3.27. The number of benzene rings is 2. The third-order valence-electron chi connectivity index (χ3n) is 3.20. The smallest absolute Gasteiger partial charge is 0.0991 e. The zero-order valence-electron chi connectivity index (χ0n) is 13.1. The first-order chi connectivity index (χ1) is 9.93. The lowest BCUT2D eigenvalue weighted by atomic mass is 10.0. The summed E-state index contributed by atoms with van der Waals surface area (Å²) >= 11 is 5.79. The number of nitriles is 1. The minimum Gasteiger partial charge on any atom is -0.192 e. The molecule has 21 heavy (non-hydrogen) atoms. The SMILES string of the molecule is CC(C)c1cccc(C#N)c1.CC(C)c1cccc(Cl)c1. The predicted octanol–water partition coefficient (Wildman–Crippen LogP) is 6.15. The van der Waals surface area contributed by atoms with E-state index < -0.39 is 0 Å². The molecule has 0 atom stereocenters. The van der Waals surface area contributed by atoms with Crippen molar-refractivity contribution < 1.29 is 0 Å². The predicted molar refractivity (Wildman–Crippen MR) is 90.8 cm³/mol. The molecule has 0 aliphatic heterocycles. The van der Waals surface area contributed by atoms with E-state index in [9.17, 15) is 0 Å². The first kappa shape index (κ1) is 17.3. The number of hydrogen-bond donors (Lipinski definition) is 0. The molecule has 0 bridgehead atoms. The summed E-state index contributed by atoms with van der Waals surface area (Å²) in [5.74, 6) is 1.07. The molecule has 0 aliphatic carbocycles. The normalized spacial score (nSPS) is 10.0. The lowest BCUT2D eigenvalue weighted by molar-refractivity contribution is 0.866. The molecule has 0 radical (unpaired) electrons. The summed E-state index contributed by atoms with van der Waals surface area (Å²) in [6.45, 7) is 8.56. The van der Waals surface area contributed by atoms with Gasteiger partial charge in [-0.2, -0.15) is 5.26 Å². The highest BCUT2D eigenvalue weighted by Crippen LogP contribution is 2.18. The summed E-state index contributed by atoms with van der Waals surface area (Å²) in [7, 11) is 0. The fraction of sp³-hybridized carbons (Fsp3) is 0.316. The van der Waals surface area contributed by atoms with Crippen molar-refractivity contribution in [3.63, 3.8) is 0 Å². The average Bonchev–Trinajstić information content (AvgIpc) is 2.48. The van der Waals surface area contributed by atoms with Gasteiger partial charge in [0.05, 0.1) is 11.6 Å². The first-order valence-electron chi connectivity index (χ1n) is 7.19. The maximum absolute atomic E-state index is 8.59. The van der Waals surface area contributed by atoms with Gasteiger partial charge in [-0.05, 0) is 47.2 Å². The van der Waals surface area contributed by atoms with Gasteiger partial charge in [0.15, 0.2) is 0 Å². The second kappa shape index (κ2) is 8.49. The highest BCUT2D eigenvalue weighted by Gasteiger charge is 1.98. The Balaban J connectivity index is 0.000000211. The topological polar surface area (TPSA) is 23.8 Å². The van der Waals surface area contributed by atoms with Gasteiger partial charge in [0, 0.05) is 5.02 Å². The molecule has 0 aromatic heterocycles. The van der Waals surface area contributed by atoms with Gasteiger partial charge >= 0.3 is 0 Å². The van der Waals surface area contributed by atoms with Crippen LogP contribution in [0.25, 0.3) is 0 Å². The zero-order chi connectivity index (χ0) is 15.8. The van der Waals surface area contributed by atoms with Crippen molar-refractivity contribution in [3.05, 3.63) is 70.2 Å². The summed E-state index contributed by atoms with van der Waals surface area (Å²) in [6, 6.07) is 17.8. The lowest BCUT2D eigenvalue weighted by Gasteiger charge is -2.03. The number of rotatable bonds is 2. The molecule has 0 aliphatic rings. The molecule has 2 aromatic carbocycles. The molecular weight excluding hydrogens is 278 g/mol. The van der Waals surface area contributed by atoms with Gasteiger partial charge in [-0.1, -0.05) is 63.6 Å². The molecule has 2 aromatic rings. The molecule has 110 valence electrons. The van der Waals surface area contributed by atoms with E-state index in [4.69, 9.17) is 16.9 Å². The van der Waals surface area contributed by atoms with E-state index in [-0.39, 0.29) is 0 Å². The molecule has 0 N–H and O–H groups in total. The third kappa shape index (κ3) is 6.02. The van der Waals surface area contributed by atoms with Crippen LogP contribution in [0, 0.1) is 11.3 Å². The molecule has 0 saturated carbocycles. The van der Waals surface area contributed by atoms with E-state index in [1.165, 1.54) is 11.1 Å². The fourth-order valence-corrected chi connectivity index (χ4v) is 2.03. The molecule has 0 fully saturated rings. The molecule has 0 amide bonds. The van der Waals surface area contributed by atoms with Crippen LogP contribution >= 0.6 is 11.6 Å². The quantitative estimate of drug-likeness (QED) is 0.653. The van der Waals surface area contributed by atoms with Crippen LogP contribution in [-0.2, 0) is 0 Å². The molecule has 0 unspecified atom stereocenters. The van der Waals surface area contributed by atoms with Crippen LogP contribution < -0.4 is 0 Å². The van der Waals surface area contributed by atoms with Gasteiger partial charge in [0.1, 0.15) is 0 Å². The molecule has 1 nitrogen and oxygen atoms in total. The second-order valence-corrected chi connectivity index (χ2v) is 6.04. The van der Waals surface area contributed by atoms with E-state index >= 15 is 0 Å². The fourth-order valence-electron chi connectivity index (χ4n) is 1.83. The van der Waals surface area contributed by atoms with Crippen LogP contribution in [-0.4, -0.2) is 0 Å². The second-order valence-electron chi connectivity index (χ2n) is 5.60. The number of hydrogen-bond acceptors (Lipinski definition) is 1. The van der Waals surface area contributed by atoms with Crippen molar-refractivity contribution >= 4 is 11.6 Å². The van der Waals surface area contributed by atoms with Crippen LogP contribution in [0.4, 0.5) is 0 Å². The van der Waals surface area contributed by atoms with Crippen molar-refractivity contribution in [1.29, 1.82) is 5.26 Å². The van der Waals surface area contributed by atoms with E-state index in [1.54, 1.807) is 0 Å². The van der Waals surface area contributed by atoms with Crippen LogP contribution in [0.15, 0.2) is 48.5 Å². The van der Waals surface area contributed by atoms with Crippen LogP contribution in [0.2, 0.25) is 5.02 Å². The third-order valence-corrected chi connectivity index (χ3v) is 3.43. The summed E-state index contributed by atoms with van der Waals surface area (Å²) in [6.07, 6.45) is 0. The Kier molecular flexibility index (Phi) is 6.99. The summed E-state index contributed by atoms with van der Waals surface area (Å²) < 4.78 is 0. The molecule has 0 spiro atoms. The highest BCUT2D eigenvalue weighted by molar-refractivity contribution is 6.30. The molecule has 0 saturated heterocycles. The molecule has 0 heterocycles. The standard InChI is InChI=1S/C10H11N.C9H11Cl/c1-8(2)10-5-3-4-9(6-10)7-11;1-7(2)8-4-3-5-9(10)6-8/h3-6,8H,1-2H3;3-7H,1-2H3. The minimum atomic E-state index is 0.503. The Bertz CT molecular complexity index is 609. The molecule has 2 heteroatoms. The van der Waals surface area contributed by atoms with E-state index in [2.05, 4.69) is 39.8 Å². The van der Waals surface area contributed by atoms with Gasteiger partial charge in [-0.3, -0.25) is 0 Å². The monoisotopic (exact) mass is 299 g/mol. The van der Waals surface area contributed by atoms with Gasteiger partial charge < -0.3 is 0 Å². The Morgan fingerprint density at radius 3 is 1.81 bits per heavy atom. The van der Waals surface area contributed by atoms with Crippen molar-refractivity contribution in [3.8, 4) is 6.07 Å². The lowest BCUT2D eigenvalue weighted by Crippen LogP contribution is -1.86. The van der Waals surface area contributed by atoms with Crippen LogP contribution in [0.3, 0.4) is 0 Å². The summed E-state index contributed by atoms with van der Waals surface area (Å²) in [4.78, 5) is 0. The zero-order valence-corrected chi connectivity index (χ0v) is 13.9. The summed E-state index contributed by atoms with van der Waals surface area (Å²) in [5, 5.41) is 9.42. The highest BCUT2D eigenvalue weighted by atomic mass is 35.5. The van der Waals surface area contributed by atoms with E-state index in [1.807, 2.05) is 42.5 Å². The molecule has 2 rings (SSSR count). The molecular formula is C19H22ClN. The van der Waals surface area contributed by atoms with Crippen molar-refractivity contribution in [2.45, 2.75) is 39.5 Å². The van der Waals surface area contributed by atoms with E-state index in [0.29, 0.717) is 11.8 Å². The van der Waals surface area contributed by atoms with Crippen molar-refractivity contribution in [2.75, 3.05) is 0 Å². The van der Waals surface area contributed by atoms with Crippen LogP contribution in [0.5, 0.6) is 0 Å². The number of halogens is 1. The van der Waals surface area contributed by atoms with Gasteiger partial charge in [-0.25, -0.2) is 0 Å². The van der Waals surface area contributed by atoms with Gasteiger partial charge in [0.2, 0.25) is 0 Å². The Morgan fingerprint density at radius 1 is 0.857 bits per heavy atom. The van der Waals surface area contributed by atoms with Crippen molar-refractivity contribution in [1.82, 2.24) is 0 Å². The first-order valence-corrected chi connectivity index (χ1v) is 7.57. The average molecular weight is 300 g/mol. The number of nitrogens with zero attached hydrogens (tertiary/aromatic N) is 1. The van der Waals surface area contributed by atoms with Crippen LogP contribution in [0.1, 0.15) is 56.2 Å². The minimum absolute atomic E-state index is 0.503. The maximum Gasteiger partial charge on any atom is 0.0991 e. The Morgan fingerprint density at radius 2 is 1.38 bits per heavy atom. The Labute approximate surface area is 133 Å². The maximum atomic E-state index is 8.59. The van der Waals surface area contributed by atoms with Gasteiger partial charge in [-0.15, -0.1) is 0 Å². The van der Waals surface area contributed by atoms with Gasteiger partial charge in [0.25, 0.3) is 0 Å². The largest absolute Gasteiger partial charge is 0.192 e. The Hall–Kier alpha value is -1.78. The van der Waals surface area contributed by atoms with Crippen molar-refractivity contribution in [2.24, 2.45) is 0 Å².